The van der Waals surface area contributed by atoms with E-state index in [0.717, 1.165) is 18.2 Å². The van der Waals surface area contributed by atoms with Gasteiger partial charge in [-0.2, -0.15) is 4.39 Å². The van der Waals surface area contributed by atoms with Crippen molar-refractivity contribution in [3.63, 3.8) is 0 Å². The average Bonchev–Trinajstić information content (AvgIpc) is 2.93. The monoisotopic (exact) mass is 545 g/mol. The van der Waals surface area contributed by atoms with Gasteiger partial charge in [-0.15, -0.1) is 0 Å². The molecule has 1 aromatic heterocycles. The van der Waals surface area contributed by atoms with Gasteiger partial charge in [-0.1, -0.05) is 40.9 Å². The Morgan fingerprint density at radius 1 is 1.06 bits per heavy atom. The van der Waals surface area contributed by atoms with E-state index in [4.69, 9.17) is 34.8 Å². The van der Waals surface area contributed by atoms with E-state index >= 15 is 0 Å². The molecular formula is C22H16Cl3F2N3O3S. The zero-order valence-corrected chi connectivity index (χ0v) is 20.8. The number of amides is 1. The highest BCUT2D eigenvalue weighted by Gasteiger charge is 2.46. The summed E-state index contributed by atoms with van der Waals surface area (Å²) in [5, 5.41) is 0.450. The number of anilines is 2. The highest BCUT2D eigenvalue weighted by atomic mass is 35.5. The predicted octanol–water partition coefficient (Wildman–Crippen LogP) is 5.95. The number of carbonyl (C=O) groups is 1. The Kier molecular flexibility index (Phi) is 6.27. The summed E-state index contributed by atoms with van der Waals surface area (Å²) < 4.78 is 55.5. The zero-order chi connectivity index (χ0) is 25.0. The van der Waals surface area contributed by atoms with Crippen LogP contribution in [0.3, 0.4) is 0 Å². The summed E-state index contributed by atoms with van der Waals surface area (Å²) in [5.41, 5.74) is 0.212. The van der Waals surface area contributed by atoms with Crippen LogP contribution in [-0.4, -0.2) is 19.3 Å². The van der Waals surface area contributed by atoms with E-state index in [1.54, 1.807) is 26.0 Å². The third-order valence-electron chi connectivity index (χ3n) is 5.44. The number of hydrogen-bond acceptors (Lipinski definition) is 4. The van der Waals surface area contributed by atoms with Gasteiger partial charge in [0.15, 0.2) is 0 Å². The van der Waals surface area contributed by atoms with Crippen molar-refractivity contribution in [3.05, 3.63) is 80.4 Å². The van der Waals surface area contributed by atoms with Crippen LogP contribution in [0.15, 0.2) is 47.4 Å². The molecule has 0 aliphatic carbocycles. The van der Waals surface area contributed by atoms with Crippen molar-refractivity contribution in [1.82, 2.24) is 4.98 Å². The van der Waals surface area contributed by atoms with E-state index in [2.05, 4.69) is 4.98 Å². The van der Waals surface area contributed by atoms with Crippen LogP contribution in [0, 0.1) is 11.8 Å². The summed E-state index contributed by atoms with van der Waals surface area (Å²) in [6.07, 6.45) is 0. The van der Waals surface area contributed by atoms with E-state index in [1.165, 1.54) is 17.0 Å². The molecule has 0 saturated carbocycles. The second kappa shape index (κ2) is 8.64. The Morgan fingerprint density at radius 3 is 2.44 bits per heavy atom. The van der Waals surface area contributed by atoms with Gasteiger partial charge in [0.05, 0.1) is 22.0 Å². The second-order valence-electron chi connectivity index (χ2n) is 8.10. The van der Waals surface area contributed by atoms with Gasteiger partial charge < -0.3 is 4.90 Å². The summed E-state index contributed by atoms with van der Waals surface area (Å²) >= 11 is 18.8. The number of carbonyl (C=O) groups excluding carboxylic acids is 1. The van der Waals surface area contributed by atoms with E-state index < -0.39 is 32.1 Å². The van der Waals surface area contributed by atoms with Crippen molar-refractivity contribution in [2.75, 3.05) is 9.62 Å². The Labute approximate surface area is 209 Å². The van der Waals surface area contributed by atoms with E-state index in [0.29, 0.717) is 16.3 Å². The number of pyridine rings is 1. The summed E-state index contributed by atoms with van der Waals surface area (Å²) in [6.45, 7) is 3.25. The van der Waals surface area contributed by atoms with Gasteiger partial charge in [-0.3, -0.25) is 9.52 Å². The molecule has 0 fully saturated rings. The van der Waals surface area contributed by atoms with Gasteiger partial charge in [0, 0.05) is 16.3 Å². The molecule has 0 saturated heterocycles. The molecule has 2 aromatic carbocycles. The lowest BCUT2D eigenvalue weighted by Gasteiger charge is -2.21. The van der Waals surface area contributed by atoms with Crippen LogP contribution in [0.5, 0.6) is 0 Å². The Morgan fingerprint density at radius 2 is 1.76 bits per heavy atom. The molecule has 4 rings (SSSR count). The van der Waals surface area contributed by atoms with Gasteiger partial charge in [-0.05, 0) is 55.8 Å². The molecule has 1 N–H and O–H groups in total. The first kappa shape index (κ1) is 24.7. The number of rotatable bonds is 5. The fourth-order valence-electron chi connectivity index (χ4n) is 3.80. The largest absolute Gasteiger partial charge is 0.307 e. The van der Waals surface area contributed by atoms with Crippen LogP contribution in [0.1, 0.15) is 25.0 Å². The van der Waals surface area contributed by atoms with Crippen LogP contribution < -0.4 is 9.62 Å². The van der Waals surface area contributed by atoms with Crippen LogP contribution in [0.25, 0.3) is 0 Å². The number of nitrogens with zero attached hydrogens (tertiary/aromatic N) is 2. The van der Waals surface area contributed by atoms with E-state index in [9.17, 15) is 22.0 Å². The van der Waals surface area contributed by atoms with Crippen molar-refractivity contribution in [2.24, 2.45) is 0 Å². The molecule has 6 nitrogen and oxygen atoms in total. The number of benzene rings is 2. The summed E-state index contributed by atoms with van der Waals surface area (Å²) in [4.78, 5) is 17.2. The lowest BCUT2D eigenvalue weighted by atomic mass is 9.86. The summed E-state index contributed by atoms with van der Waals surface area (Å²) in [5.74, 6) is -2.65. The minimum atomic E-state index is -4.47. The Balaban J connectivity index is 1.69. The first-order chi connectivity index (χ1) is 15.8. The number of sulfonamides is 1. The lowest BCUT2D eigenvalue weighted by molar-refractivity contribution is -0.122. The molecule has 0 spiro atoms. The first-order valence-electron chi connectivity index (χ1n) is 9.76. The Hall–Kier alpha value is -2.46. The molecule has 178 valence electrons. The zero-order valence-electron chi connectivity index (χ0n) is 17.7. The molecular weight excluding hydrogens is 531 g/mol. The quantitative estimate of drug-likeness (QED) is 0.402. The molecule has 0 bridgehead atoms. The number of aromatic nitrogens is 1. The minimum absolute atomic E-state index is 0.0897. The maximum absolute atomic E-state index is 14.9. The molecule has 0 atom stereocenters. The maximum Gasteiger partial charge on any atom is 0.266 e. The molecule has 3 aromatic rings. The van der Waals surface area contributed by atoms with Gasteiger partial charge in [0.2, 0.25) is 11.9 Å². The number of halogens is 5. The molecule has 1 aliphatic heterocycles. The summed E-state index contributed by atoms with van der Waals surface area (Å²) in [6, 6.07) is 8.54. The number of fused-ring (bicyclic) bond motifs is 1. The number of nitrogens with one attached hydrogen (secondary N) is 1. The van der Waals surface area contributed by atoms with Crippen molar-refractivity contribution in [2.45, 2.75) is 30.7 Å². The van der Waals surface area contributed by atoms with Crippen LogP contribution in [0.4, 0.5) is 20.3 Å². The third kappa shape index (κ3) is 4.22. The van der Waals surface area contributed by atoms with E-state index in [-0.39, 0.29) is 33.9 Å². The molecule has 0 unspecified atom stereocenters. The maximum atomic E-state index is 14.9. The van der Waals surface area contributed by atoms with Gasteiger partial charge >= 0.3 is 0 Å². The van der Waals surface area contributed by atoms with Crippen LogP contribution in [0.2, 0.25) is 15.1 Å². The topological polar surface area (TPSA) is 79.4 Å². The van der Waals surface area contributed by atoms with Crippen molar-refractivity contribution < 1.29 is 22.0 Å². The van der Waals surface area contributed by atoms with Gasteiger partial charge in [0.1, 0.15) is 16.5 Å². The van der Waals surface area contributed by atoms with Crippen molar-refractivity contribution in [1.29, 1.82) is 0 Å². The van der Waals surface area contributed by atoms with Crippen molar-refractivity contribution >= 4 is 62.2 Å². The highest BCUT2D eigenvalue weighted by Crippen LogP contribution is 2.48. The predicted molar refractivity (Wildman–Crippen MR) is 127 cm³/mol. The normalized spacial score (nSPS) is 14.9. The molecule has 2 heterocycles. The second-order valence-corrected chi connectivity index (χ2v) is 10.9. The highest BCUT2D eigenvalue weighted by molar-refractivity contribution is 7.92. The van der Waals surface area contributed by atoms with Gasteiger partial charge in [-0.25, -0.2) is 17.8 Å². The van der Waals surface area contributed by atoms with Crippen molar-refractivity contribution in [3.8, 4) is 0 Å². The fourth-order valence-corrected chi connectivity index (χ4v) is 5.72. The molecule has 12 heteroatoms. The Bertz CT molecular complexity index is 1450. The lowest BCUT2D eigenvalue weighted by Crippen LogP contribution is -2.36. The average molecular weight is 547 g/mol. The molecule has 1 amide bonds. The standard InChI is InChI=1S/C22H16Cl3F2N3O3S/c1-22(2)19-15(7-6-12(23)20(19)25)30(21(22)31)10-11-8-14(26)16(9-13(11)24)34(32,33)29-18-5-3-4-17(27)28-18/h3-9H,10H2,1-2H3,(H,28,29). The molecule has 1 aliphatic rings. The van der Waals surface area contributed by atoms with E-state index in [1.807, 2.05) is 4.72 Å². The molecule has 0 radical (unpaired) electrons. The smallest absolute Gasteiger partial charge is 0.266 e. The first-order valence-corrected chi connectivity index (χ1v) is 12.4. The minimum Gasteiger partial charge on any atom is -0.307 e. The fraction of sp³-hybridized carbons (Fsp3) is 0.182. The number of hydrogen-bond donors (Lipinski definition) is 1. The van der Waals surface area contributed by atoms with Crippen LogP contribution >= 0.6 is 34.8 Å². The molecule has 34 heavy (non-hydrogen) atoms. The third-order valence-corrected chi connectivity index (χ3v) is 7.97. The van der Waals surface area contributed by atoms with Gasteiger partial charge in [0.25, 0.3) is 10.0 Å². The van der Waals surface area contributed by atoms with Crippen LogP contribution in [-0.2, 0) is 26.8 Å². The SMILES string of the molecule is CC1(C)C(=O)N(Cc2cc(F)c(S(=O)(=O)Nc3cccc(F)n3)cc2Cl)c2ccc(Cl)c(Cl)c21. The summed E-state index contributed by atoms with van der Waals surface area (Å²) in [7, 11) is -4.47.